The van der Waals surface area contributed by atoms with Crippen LogP contribution in [0.25, 0.3) is 28.3 Å². The minimum absolute atomic E-state index is 0.267. The molecule has 3 heterocycles. The number of nitrogens with one attached hydrogen (secondary N) is 1. The fourth-order valence-corrected chi connectivity index (χ4v) is 4.52. The molecule has 1 aliphatic rings. The molecule has 0 fully saturated rings. The quantitative estimate of drug-likeness (QED) is 0.442. The number of nitrogens with zero attached hydrogens (tertiary/aromatic N) is 3. The second kappa shape index (κ2) is 7.87. The predicted molar refractivity (Wildman–Crippen MR) is 122 cm³/mol. The van der Waals surface area contributed by atoms with Crippen LogP contribution in [-0.4, -0.2) is 21.3 Å². The van der Waals surface area contributed by atoms with E-state index in [1.165, 1.54) is 11.1 Å². The Morgan fingerprint density at radius 1 is 1.13 bits per heavy atom. The van der Waals surface area contributed by atoms with E-state index < -0.39 is 0 Å². The minimum atomic E-state index is -0.267. The number of anilines is 1. The van der Waals surface area contributed by atoms with Crippen LogP contribution < -0.4 is 10.9 Å². The van der Waals surface area contributed by atoms with Crippen LogP contribution in [0.15, 0.2) is 58.2 Å². The topological polar surface area (TPSA) is 73.0 Å². The molecule has 0 aliphatic carbocycles. The molecule has 31 heavy (non-hydrogen) atoms. The molecule has 2 aromatic carbocycles. The first-order valence-electron chi connectivity index (χ1n) is 9.88. The molecule has 2 aromatic heterocycles. The summed E-state index contributed by atoms with van der Waals surface area (Å²) in [5.41, 5.74) is 5.05. The van der Waals surface area contributed by atoms with Gasteiger partial charge in [-0.3, -0.25) is 4.79 Å². The molecule has 0 unspecified atom stereocenters. The highest BCUT2D eigenvalue weighted by Gasteiger charge is 2.24. The first kappa shape index (κ1) is 19.8. The number of hydrogen-bond donors (Lipinski definition) is 1. The van der Waals surface area contributed by atoms with Gasteiger partial charge in [0, 0.05) is 23.2 Å². The number of halogens is 2. The fourth-order valence-electron chi connectivity index (χ4n) is 3.96. The largest absolute Gasteiger partial charge is 0.444 e. The highest BCUT2D eigenvalue weighted by Crippen LogP contribution is 2.34. The SMILES string of the molecule is Cc1cc(-c2cnco2)cc(-c2nn(-c3c(Cl)cccc3Cl)c(=O)c3c2CCCN3)c1. The molecule has 6 nitrogen and oxygen atoms in total. The number of fused-ring (bicyclic) bond motifs is 1. The van der Waals surface area contributed by atoms with Gasteiger partial charge in [0.15, 0.2) is 12.2 Å². The van der Waals surface area contributed by atoms with Crippen LogP contribution >= 0.6 is 23.2 Å². The van der Waals surface area contributed by atoms with Gasteiger partial charge in [-0.15, -0.1) is 0 Å². The number of benzene rings is 2. The van der Waals surface area contributed by atoms with Gasteiger partial charge in [0.1, 0.15) is 11.4 Å². The Morgan fingerprint density at radius 2 is 1.90 bits per heavy atom. The second-order valence-electron chi connectivity index (χ2n) is 7.47. The molecule has 1 N–H and O–H groups in total. The monoisotopic (exact) mass is 452 g/mol. The number of aromatic nitrogens is 3. The molecule has 156 valence electrons. The lowest BCUT2D eigenvalue weighted by molar-refractivity contribution is 0.572. The molecule has 8 heteroatoms. The lowest BCUT2D eigenvalue weighted by Gasteiger charge is -2.22. The molecule has 0 spiro atoms. The van der Waals surface area contributed by atoms with Gasteiger partial charge in [0.05, 0.1) is 21.9 Å². The lowest BCUT2D eigenvalue weighted by Crippen LogP contribution is -2.30. The summed E-state index contributed by atoms with van der Waals surface area (Å²) in [6, 6.07) is 11.2. The van der Waals surface area contributed by atoms with E-state index >= 15 is 0 Å². The van der Waals surface area contributed by atoms with Gasteiger partial charge in [-0.2, -0.15) is 9.78 Å². The summed E-state index contributed by atoms with van der Waals surface area (Å²) < 4.78 is 6.79. The Labute approximate surface area is 188 Å². The summed E-state index contributed by atoms with van der Waals surface area (Å²) in [5, 5.41) is 8.73. The Hall–Kier alpha value is -3.09. The first-order chi connectivity index (χ1) is 15.0. The number of oxazole rings is 1. The molecule has 0 bridgehead atoms. The lowest BCUT2D eigenvalue weighted by atomic mass is 9.96. The molecule has 0 saturated heterocycles. The third-order valence-corrected chi connectivity index (χ3v) is 5.93. The third kappa shape index (κ3) is 3.52. The first-order valence-corrected chi connectivity index (χ1v) is 10.6. The van der Waals surface area contributed by atoms with Crippen molar-refractivity contribution in [3.05, 3.63) is 80.5 Å². The van der Waals surface area contributed by atoms with Crippen molar-refractivity contribution in [1.82, 2.24) is 14.8 Å². The third-order valence-electron chi connectivity index (χ3n) is 5.32. The number of aryl methyl sites for hydroxylation is 1. The van der Waals surface area contributed by atoms with E-state index in [-0.39, 0.29) is 5.56 Å². The number of rotatable bonds is 3. The Kier molecular flexibility index (Phi) is 5.04. The van der Waals surface area contributed by atoms with Gasteiger partial charge in [-0.25, -0.2) is 4.98 Å². The molecule has 0 saturated carbocycles. The van der Waals surface area contributed by atoms with E-state index in [1.807, 2.05) is 25.1 Å². The van der Waals surface area contributed by atoms with Crippen molar-refractivity contribution in [3.8, 4) is 28.3 Å². The molecule has 0 atom stereocenters. The maximum atomic E-state index is 13.3. The molecular formula is C23H18Cl2N4O2. The Balaban J connectivity index is 1.80. The van der Waals surface area contributed by atoms with Gasteiger partial charge >= 0.3 is 0 Å². The summed E-state index contributed by atoms with van der Waals surface area (Å²) in [6.45, 7) is 2.73. The molecular weight excluding hydrogens is 435 g/mol. The van der Waals surface area contributed by atoms with Crippen LogP contribution in [0.2, 0.25) is 10.0 Å². The van der Waals surface area contributed by atoms with Crippen LogP contribution in [-0.2, 0) is 6.42 Å². The van der Waals surface area contributed by atoms with Crippen LogP contribution in [0.1, 0.15) is 17.5 Å². The zero-order chi connectivity index (χ0) is 21.5. The van der Waals surface area contributed by atoms with E-state index in [9.17, 15) is 4.79 Å². The fraction of sp³-hybridized carbons (Fsp3) is 0.174. The highest BCUT2D eigenvalue weighted by molar-refractivity contribution is 6.37. The zero-order valence-corrected chi connectivity index (χ0v) is 18.2. The van der Waals surface area contributed by atoms with Crippen molar-refractivity contribution in [3.63, 3.8) is 0 Å². The normalized spacial score (nSPS) is 13.0. The van der Waals surface area contributed by atoms with E-state index in [2.05, 4.69) is 10.3 Å². The summed E-state index contributed by atoms with van der Waals surface area (Å²) in [5.74, 6) is 0.666. The van der Waals surface area contributed by atoms with Gasteiger partial charge in [-0.05, 0) is 55.7 Å². The summed E-state index contributed by atoms with van der Waals surface area (Å²) in [6.07, 6.45) is 4.75. The van der Waals surface area contributed by atoms with Crippen LogP contribution in [0, 0.1) is 6.92 Å². The summed E-state index contributed by atoms with van der Waals surface area (Å²) in [7, 11) is 0. The molecule has 4 aromatic rings. The van der Waals surface area contributed by atoms with E-state index in [1.54, 1.807) is 24.4 Å². The summed E-state index contributed by atoms with van der Waals surface area (Å²) in [4.78, 5) is 17.3. The molecule has 1 aliphatic heterocycles. The van der Waals surface area contributed by atoms with E-state index in [0.717, 1.165) is 41.6 Å². The maximum absolute atomic E-state index is 13.3. The van der Waals surface area contributed by atoms with Crippen LogP contribution in [0.5, 0.6) is 0 Å². The van der Waals surface area contributed by atoms with Crippen molar-refractivity contribution in [2.24, 2.45) is 0 Å². The predicted octanol–water partition coefficient (Wildman–Crippen LogP) is 5.53. The van der Waals surface area contributed by atoms with Gasteiger partial charge in [-0.1, -0.05) is 29.3 Å². The average Bonchev–Trinajstić information content (AvgIpc) is 3.30. The van der Waals surface area contributed by atoms with Gasteiger partial charge < -0.3 is 9.73 Å². The second-order valence-corrected chi connectivity index (χ2v) is 8.29. The molecule has 0 amide bonds. The molecule has 0 radical (unpaired) electrons. The summed E-state index contributed by atoms with van der Waals surface area (Å²) >= 11 is 12.8. The Morgan fingerprint density at radius 3 is 2.65 bits per heavy atom. The van der Waals surface area contributed by atoms with Crippen molar-refractivity contribution in [1.29, 1.82) is 0 Å². The minimum Gasteiger partial charge on any atom is -0.444 e. The maximum Gasteiger partial charge on any atom is 0.295 e. The average molecular weight is 453 g/mol. The van der Waals surface area contributed by atoms with Gasteiger partial charge in [0.2, 0.25) is 0 Å². The number of hydrogen-bond acceptors (Lipinski definition) is 5. The van der Waals surface area contributed by atoms with E-state index in [4.69, 9.17) is 32.7 Å². The smallest absolute Gasteiger partial charge is 0.295 e. The van der Waals surface area contributed by atoms with Gasteiger partial charge in [0.25, 0.3) is 5.56 Å². The Bertz CT molecular complexity index is 1330. The number of para-hydroxylation sites is 1. The zero-order valence-electron chi connectivity index (χ0n) is 16.7. The van der Waals surface area contributed by atoms with Crippen molar-refractivity contribution in [2.75, 3.05) is 11.9 Å². The van der Waals surface area contributed by atoms with Crippen LogP contribution in [0.4, 0.5) is 5.69 Å². The van der Waals surface area contributed by atoms with Crippen LogP contribution in [0.3, 0.4) is 0 Å². The van der Waals surface area contributed by atoms with Crippen molar-refractivity contribution in [2.45, 2.75) is 19.8 Å². The van der Waals surface area contributed by atoms with Crippen molar-refractivity contribution >= 4 is 28.9 Å². The highest BCUT2D eigenvalue weighted by atomic mass is 35.5. The van der Waals surface area contributed by atoms with Crippen molar-refractivity contribution < 1.29 is 4.42 Å². The van der Waals surface area contributed by atoms with E-state index in [0.29, 0.717) is 32.9 Å². The molecule has 5 rings (SSSR count). The standard InChI is InChI=1S/C23H18Cl2N4O2/c1-13-8-14(19-11-26-12-31-19)10-15(9-13)20-16-4-3-7-27-21(16)23(30)29(28-20)22-17(24)5-2-6-18(22)25/h2,5-6,8-12,27H,3-4,7H2,1H3.